The van der Waals surface area contributed by atoms with Gasteiger partial charge in [-0.1, -0.05) is 11.6 Å². The smallest absolute Gasteiger partial charge is 0.270 e. The predicted octanol–water partition coefficient (Wildman–Crippen LogP) is 3.60. The Hall–Kier alpha value is -3.30. The van der Waals surface area contributed by atoms with Gasteiger partial charge in [0.15, 0.2) is 16.6 Å². The van der Waals surface area contributed by atoms with Crippen LogP contribution in [0.15, 0.2) is 35.9 Å². The zero-order valence-electron chi connectivity index (χ0n) is 17.9. The van der Waals surface area contributed by atoms with E-state index in [2.05, 4.69) is 5.32 Å². The molecule has 0 spiro atoms. The molecule has 0 bridgehead atoms. The standard InChI is InChI=1S/C22H21ClN2O6S/c1-5-31-19-11-15(23)12(9-18(19)30-4)8-14-20(26)24-22(32)25(21(14)27)16-7-6-13(28-2)10-17(16)29-3/h6-11H,5H2,1-4H3,(H,24,26,32)/b14-8+. The molecule has 0 saturated carbocycles. The first-order chi connectivity index (χ1) is 15.3. The minimum absolute atomic E-state index is 0.0732. The molecule has 0 atom stereocenters. The van der Waals surface area contributed by atoms with E-state index < -0.39 is 11.8 Å². The van der Waals surface area contributed by atoms with Crippen molar-refractivity contribution in [2.24, 2.45) is 0 Å². The van der Waals surface area contributed by atoms with Crippen LogP contribution in [0.25, 0.3) is 6.08 Å². The summed E-state index contributed by atoms with van der Waals surface area (Å²) in [7, 11) is 4.45. The molecule has 1 fully saturated rings. The van der Waals surface area contributed by atoms with Crippen molar-refractivity contribution in [3.8, 4) is 23.0 Å². The Balaban J connectivity index is 2.07. The van der Waals surface area contributed by atoms with Crippen molar-refractivity contribution in [3.05, 3.63) is 46.5 Å². The average molecular weight is 477 g/mol. The first-order valence-corrected chi connectivity index (χ1v) is 10.3. The molecular formula is C22H21ClN2O6S. The Labute approximate surface area is 195 Å². The van der Waals surface area contributed by atoms with Gasteiger partial charge < -0.3 is 18.9 Å². The fourth-order valence-electron chi connectivity index (χ4n) is 3.09. The molecule has 1 heterocycles. The van der Waals surface area contributed by atoms with Crippen LogP contribution < -0.4 is 29.2 Å². The van der Waals surface area contributed by atoms with E-state index in [9.17, 15) is 9.59 Å². The van der Waals surface area contributed by atoms with Crippen LogP contribution in [0, 0.1) is 0 Å². The zero-order valence-corrected chi connectivity index (χ0v) is 19.4. The third kappa shape index (κ3) is 4.49. The fourth-order valence-corrected chi connectivity index (χ4v) is 3.57. The number of ether oxygens (including phenoxy) is 4. The summed E-state index contributed by atoms with van der Waals surface area (Å²) in [6.07, 6.45) is 1.38. The average Bonchev–Trinajstić information content (AvgIpc) is 2.78. The molecular weight excluding hydrogens is 456 g/mol. The summed E-state index contributed by atoms with van der Waals surface area (Å²) < 4.78 is 21.4. The lowest BCUT2D eigenvalue weighted by molar-refractivity contribution is -0.122. The highest BCUT2D eigenvalue weighted by Gasteiger charge is 2.36. The first kappa shape index (κ1) is 23.4. The highest BCUT2D eigenvalue weighted by Crippen LogP contribution is 2.37. The van der Waals surface area contributed by atoms with Crippen molar-refractivity contribution >= 4 is 52.5 Å². The molecule has 2 amide bonds. The van der Waals surface area contributed by atoms with Crippen LogP contribution in [-0.4, -0.2) is 44.9 Å². The van der Waals surface area contributed by atoms with Crippen LogP contribution in [0.1, 0.15) is 12.5 Å². The van der Waals surface area contributed by atoms with E-state index in [1.165, 1.54) is 32.3 Å². The van der Waals surface area contributed by atoms with Crippen molar-refractivity contribution in [3.63, 3.8) is 0 Å². The molecule has 1 aliphatic heterocycles. The third-order valence-corrected chi connectivity index (χ3v) is 5.22. The number of halogens is 1. The number of carbonyl (C=O) groups is 2. The van der Waals surface area contributed by atoms with Crippen LogP contribution in [0.5, 0.6) is 23.0 Å². The molecule has 1 aliphatic rings. The van der Waals surface area contributed by atoms with Crippen molar-refractivity contribution in [1.82, 2.24) is 5.32 Å². The van der Waals surface area contributed by atoms with Crippen LogP contribution in [0.2, 0.25) is 5.02 Å². The van der Waals surface area contributed by atoms with Gasteiger partial charge in [0.2, 0.25) is 0 Å². The molecule has 1 N–H and O–H groups in total. The second-order valence-electron chi connectivity index (χ2n) is 6.45. The van der Waals surface area contributed by atoms with Crippen LogP contribution >= 0.6 is 23.8 Å². The van der Waals surface area contributed by atoms with Gasteiger partial charge >= 0.3 is 0 Å². The number of nitrogens with zero attached hydrogens (tertiary/aromatic N) is 1. The number of thiocarbonyl (C=S) groups is 1. The van der Waals surface area contributed by atoms with Gasteiger partial charge in [-0.3, -0.25) is 14.9 Å². The van der Waals surface area contributed by atoms with E-state index in [1.54, 1.807) is 30.3 Å². The molecule has 10 heteroatoms. The maximum atomic E-state index is 13.3. The maximum Gasteiger partial charge on any atom is 0.270 e. The van der Waals surface area contributed by atoms with Crippen LogP contribution in [0.4, 0.5) is 5.69 Å². The molecule has 2 aromatic carbocycles. The Kier molecular flexibility index (Phi) is 7.22. The summed E-state index contributed by atoms with van der Waals surface area (Å²) in [6, 6.07) is 8.04. The minimum Gasteiger partial charge on any atom is -0.497 e. The van der Waals surface area contributed by atoms with Crippen molar-refractivity contribution in [1.29, 1.82) is 0 Å². The number of rotatable bonds is 7. The molecule has 32 heavy (non-hydrogen) atoms. The summed E-state index contributed by atoms with van der Waals surface area (Å²) >= 11 is 11.6. The normalized spacial score (nSPS) is 15.0. The second-order valence-corrected chi connectivity index (χ2v) is 7.25. The molecule has 0 unspecified atom stereocenters. The van der Waals surface area contributed by atoms with E-state index in [0.717, 1.165) is 0 Å². The summed E-state index contributed by atoms with van der Waals surface area (Å²) in [4.78, 5) is 27.1. The number of hydrogen-bond acceptors (Lipinski definition) is 7. The number of carbonyl (C=O) groups excluding carboxylic acids is 2. The first-order valence-electron chi connectivity index (χ1n) is 9.48. The van der Waals surface area contributed by atoms with E-state index in [4.69, 9.17) is 42.8 Å². The van der Waals surface area contributed by atoms with Crippen LogP contribution in [0.3, 0.4) is 0 Å². The van der Waals surface area contributed by atoms with Gasteiger partial charge in [0, 0.05) is 12.1 Å². The monoisotopic (exact) mass is 476 g/mol. The Morgan fingerprint density at radius 1 is 1.03 bits per heavy atom. The number of benzene rings is 2. The molecule has 2 aromatic rings. The van der Waals surface area contributed by atoms with Gasteiger partial charge in [-0.15, -0.1) is 0 Å². The highest BCUT2D eigenvalue weighted by molar-refractivity contribution is 7.80. The van der Waals surface area contributed by atoms with Gasteiger partial charge in [-0.25, -0.2) is 4.90 Å². The highest BCUT2D eigenvalue weighted by atomic mass is 35.5. The third-order valence-electron chi connectivity index (χ3n) is 4.61. The minimum atomic E-state index is -0.646. The number of hydrogen-bond donors (Lipinski definition) is 1. The lowest BCUT2D eigenvalue weighted by Crippen LogP contribution is -2.54. The molecule has 3 rings (SSSR count). The number of amides is 2. The van der Waals surface area contributed by atoms with E-state index >= 15 is 0 Å². The quantitative estimate of drug-likeness (QED) is 0.371. The van der Waals surface area contributed by atoms with E-state index in [-0.39, 0.29) is 15.7 Å². The maximum absolute atomic E-state index is 13.3. The lowest BCUT2D eigenvalue weighted by Gasteiger charge is -2.30. The summed E-state index contributed by atoms with van der Waals surface area (Å²) in [6.45, 7) is 2.25. The SMILES string of the molecule is CCOc1cc(Cl)c(/C=C2\C(=O)NC(=S)N(c3ccc(OC)cc3OC)C2=O)cc1OC. The van der Waals surface area contributed by atoms with E-state index in [1.807, 2.05) is 6.92 Å². The summed E-state index contributed by atoms with van der Waals surface area (Å²) in [5, 5.41) is 2.74. The van der Waals surface area contributed by atoms with Gasteiger partial charge in [-0.05, 0) is 49.0 Å². The number of anilines is 1. The molecule has 8 nitrogen and oxygen atoms in total. The lowest BCUT2D eigenvalue weighted by atomic mass is 10.1. The van der Waals surface area contributed by atoms with E-state index in [0.29, 0.717) is 40.9 Å². The van der Waals surface area contributed by atoms with Gasteiger partial charge in [-0.2, -0.15) is 0 Å². The van der Waals surface area contributed by atoms with Crippen LogP contribution in [-0.2, 0) is 9.59 Å². The van der Waals surface area contributed by atoms with Crippen molar-refractivity contribution in [2.45, 2.75) is 6.92 Å². The predicted molar refractivity (Wildman–Crippen MR) is 125 cm³/mol. The Morgan fingerprint density at radius 2 is 1.75 bits per heavy atom. The zero-order chi connectivity index (χ0) is 23.4. The molecule has 168 valence electrons. The molecule has 1 saturated heterocycles. The molecule has 0 aliphatic carbocycles. The summed E-state index contributed by atoms with van der Waals surface area (Å²) in [5.41, 5.74) is 0.592. The fraction of sp³-hybridized carbons (Fsp3) is 0.227. The second kappa shape index (κ2) is 9.88. The van der Waals surface area contributed by atoms with Crippen molar-refractivity contribution in [2.75, 3.05) is 32.8 Å². The largest absolute Gasteiger partial charge is 0.497 e. The topological polar surface area (TPSA) is 86.3 Å². The molecule has 0 aromatic heterocycles. The Bertz CT molecular complexity index is 1120. The number of nitrogens with one attached hydrogen (secondary N) is 1. The number of methoxy groups -OCH3 is 3. The summed E-state index contributed by atoms with van der Waals surface area (Å²) in [5.74, 6) is 0.465. The Morgan fingerprint density at radius 3 is 2.38 bits per heavy atom. The van der Waals surface area contributed by atoms with Gasteiger partial charge in [0.1, 0.15) is 17.1 Å². The van der Waals surface area contributed by atoms with Gasteiger partial charge in [0.05, 0.1) is 38.6 Å². The van der Waals surface area contributed by atoms with Crippen molar-refractivity contribution < 1.29 is 28.5 Å². The van der Waals surface area contributed by atoms with Gasteiger partial charge in [0.25, 0.3) is 11.8 Å². The molecule has 0 radical (unpaired) electrons.